The lowest BCUT2D eigenvalue weighted by atomic mass is 10.1. The van der Waals surface area contributed by atoms with Crippen LogP contribution in [-0.4, -0.2) is 23.5 Å². The monoisotopic (exact) mass is 384 g/mol. The summed E-state index contributed by atoms with van der Waals surface area (Å²) in [7, 11) is 0. The van der Waals surface area contributed by atoms with Crippen LogP contribution in [0.2, 0.25) is 5.02 Å². The molecule has 0 saturated carbocycles. The van der Waals surface area contributed by atoms with Gasteiger partial charge in [-0.2, -0.15) is 0 Å². The number of halogens is 1. The largest absolute Gasteiger partial charge is 0.481 e. The highest BCUT2D eigenvalue weighted by Gasteiger charge is 2.14. The smallest absolute Gasteiger partial charge is 0.344 e. The summed E-state index contributed by atoms with van der Waals surface area (Å²) < 4.78 is 10.6. The fourth-order valence-corrected chi connectivity index (χ4v) is 2.83. The minimum absolute atomic E-state index is 0.0792. The van der Waals surface area contributed by atoms with Crippen molar-refractivity contribution in [3.05, 3.63) is 70.4 Å². The maximum absolute atomic E-state index is 12.0. The number of para-hydroxylation sites is 2. The Morgan fingerprint density at radius 1 is 1.11 bits per heavy atom. The second kappa shape index (κ2) is 8.05. The van der Waals surface area contributed by atoms with Crippen molar-refractivity contribution < 1.29 is 19.1 Å². The number of carbonyl (C=O) groups excluding carboxylic acids is 2. The van der Waals surface area contributed by atoms with Gasteiger partial charge in [0, 0.05) is 5.39 Å². The van der Waals surface area contributed by atoms with Gasteiger partial charge < -0.3 is 15.2 Å². The van der Waals surface area contributed by atoms with Crippen LogP contribution in [0.1, 0.15) is 21.6 Å². The zero-order valence-electron chi connectivity index (χ0n) is 14.6. The predicted molar refractivity (Wildman–Crippen MR) is 102 cm³/mol. The number of fused-ring (bicyclic) bond motifs is 1. The highest BCUT2D eigenvalue weighted by atomic mass is 35.5. The van der Waals surface area contributed by atoms with Gasteiger partial charge in [0.05, 0.1) is 21.8 Å². The molecule has 3 rings (SSSR count). The van der Waals surface area contributed by atoms with Gasteiger partial charge in [0.25, 0.3) is 5.91 Å². The molecule has 3 aromatic rings. The van der Waals surface area contributed by atoms with Crippen LogP contribution in [0.5, 0.6) is 5.75 Å². The number of hydrogen-bond acceptors (Lipinski definition) is 5. The molecule has 0 unspecified atom stereocenters. The molecule has 0 atom stereocenters. The molecule has 0 bridgehead atoms. The first-order valence-corrected chi connectivity index (χ1v) is 8.56. The van der Waals surface area contributed by atoms with Crippen molar-refractivity contribution in [1.82, 2.24) is 4.98 Å². The molecule has 1 heterocycles. The van der Waals surface area contributed by atoms with Gasteiger partial charge in [-0.1, -0.05) is 41.9 Å². The number of hydrogen-bond donors (Lipinski definition) is 1. The maximum Gasteiger partial charge on any atom is 0.344 e. The van der Waals surface area contributed by atoms with Crippen LogP contribution in [0.4, 0.5) is 0 Å². The summed E-state index contributed by atoms with van der Waals surface area (Å²) in [5.74, 6) is -1.03. The Bertz CT molecular complexity index is 1020. The Morgan fingerprint density at radius 3 is 2.59 bits per heavy atom. The number of aromatic nitrogens is 1. The number of rotatable bonds is 6. The molecule has 2 aromatic carbocycles. The molecule has 0 spiro atoms. The van der Waals surface area contributed by atoms with Gasteiger partial charge in [-0.15, -0.1) is 0 Å². The fraction of sp³-hybridized carbons (Fsp3) is 0.150. The number of benzene rings is 2. The number of aryl methyl sites for hydroxylation is 1. The molecule has 0 aliphatic carbocycles. The van der Waals surface area contributed by atoms with E-state index in [2.05, 4.69) is 4.98 Å². The molecular formula is C20H17ClN2O4. The molecular weight excluding hydrogens is 368 g/mol. The summed E-state index contributed by atoms with van der Waals surface area (Å²) in [6, 6.07) is 14.0. The summed E-state index contributed by atoms with van der Waals surface area (Å²) >= 11 is 6.35. The van der Waals surface area contributed by atoms with E-state index in [0.717, 1.165) is 16.5 Å². The van der Waals surface area contributed by atoms with Crippen molar-refractivity contribution in [1.29, 1.82) is 0 Å². The number of amides is 1. The Balaban J connectivity index is 1.66. The van der Waals surface area contributed by atoms with E-state index in [0.29, 0.717) is 10.7 Å². The molecule has 1 amide bonds. The van der Waals surface area contributed by atoms with Crippen molar-refractivity contribution in [2.24, 2.45) is 5.73 Å². The second-order valence-electron chi connectivity index (χ2n) is 5.82. The molecule has 0 saturated heterocycles. The third-order valence-corrected chi connectivity index (χ3v) is 4.52. The topological polar surface area (TPSA) is 91.5 Å². The molecule has 2 N–H and O–H groups in total. The SMILES string of the molecule is Cc1c(Cl)c(COC(=O)COc2ccccc2C(N)=O)nc2ccccc12. The number of carbonyl (C=O) groups is 2. The van der Waals surface area contributed by atoms with Crippen LogP contribution < -0.4 is 10.5 Å². The summed E-state index contributed by atoms with van der Waals surface area (Å²) in [5, 5.41) is 1.41. The second-order valence-corrected chi connectivity index (χ2v) is 6.20. The summed E-state index contributed by atoms with van der Waals surface area (Å²) in [6.45, 7) is 1.44. The third-order valence-electron chi connectivity index (χ3n) is 4.01. The fourth-order valence-electron chi connectivity index (χ4n) is 2.64. The minimum atomic E-state index is -0.637. The first-order valence-electron chi connectivity index (χ1n) is 8.18. The molecule has 0 fully saturated rings. The van der Waals surface area contributed by atoms with E-state index in [9.17, 15) is 9.59 Å². The first-order chi connectivity index (χ1) is 13.0. The van der Waals surface area contributed by atoms with Gasteiger partial charge in [0.1, 0.15) is 12.4 Å². The number of ether oxygens (including phenoxy) is 2. The molecule has 0 aliphatic heterocycles. The molecule has 7 heteroatoms. The van der Waals surface area contributed by atoms with Gasteiger partial charge in [-0.25, -0.2) is 9.78 Å². The van der Waals surface area contributed by atoms with Crippen molar-refractivity contribution in [3.63, 3.8) is 0 Å². The van der Waals surface area contributed by atoms with Crippen LogP contribution in [0.3, 0.4) is 0 Å². The number of pyridine rings is 1. The molecule has 138 valence electrons. The number of nitrogens with zero attached hydrogens (tertiary/aromatic N) is 1. The molecule has 0 aliphatic rings. The van der Waals surface area contributed by atoms with Crippen molar-refractivity contribution in [2.75, 3.05) is 6.61 Å². The summed E-state index contributed by atoms with van der Waals surface area (Å²) in [5.41, 5.74) is 7.59. The van der Waals surface area contributed by atoms with Crippen molar-refractivity contribution in [2.45, 2.75) is 13.5 Å². The van der Waals surface area contributed by atoms with Crippen LogP contribution in [0.15, 0.2) is 48.5 Å². The first kappa shape index (κ1) is 18.7. The van der Waals surface area contributed by atoms with Crippen LogP contribution in [0.25, 0.3) is 10.9 Å². The molecule has 27 heavy (non-hydrogen) atoms. The summed E-state index contributed by atoms with van der Waals surface area (Å²) in [6.07, 6.45) is 0. The Kier molecular flexibility index (Phi) is 5.57. The van der Waals surface area contributed by atoms with E-state index < -0.39 is 11.9 Å². The maximum atomic E-state index is 12.0. The lowest BCUT2D eigenvalue weighted by Gasteiger charge is -2.11. The number of primary amides is 1. The van der Waals surface area contributed by atoms with E-state index in [-0.39, 0.29) is 24.5 Å². The highest BCUT2D eigenvalue weighted by Crippen LogP contribution is 2.27. The van der Waals surface area contributed by atoms with E-state index in [1.54, 1.807) is 18.2 Å². The van der Waals surface area contributed by atoms with Crippen LogP contribution in [0, 0.1) is 6.92 Å². The Labute approximate surface area is 160 Å². The minimum Gasteiger partial charge on any atom is -0.481 e. The van der Waals surface area contributed by atoms with E-state index in [1.165, 1.54) is 6.07 Å². The van der Waals surface area contributed by atoms with E-state index in [4.69, 9.17) is 26.8 Å². The average molecular weight is 385 g/mol. The van der Waals surface area contributed by atoms with Gasteiger partial charge >= 0.3 is 5.97 Å². The predicted octanol–water partition coefficient (Wildman–Crippen LogP) is 3.42. The third kappa shape index (κ3) is 4.17. The zero-order chi connectivity index (χ0) is 19.4. The number of nitrogens with two attached hydrogens (primary N) is 1. The standard InChI is InChI=1S/C20H17ClN2O4/c1-12-13-6-2-4-8-15(13)23-16(19(12)21)10-27-18(24)11-26-17-9-5-3-7-14(17)20(22)25/h2-9H,10-11H2,1H3,(H2,22,25). The van der Waals surface area contributed by atoms with E-state index in [1.807, 2.05) is 31.2 Å². The molecule has 1 aromatic heterocycles. The van der Waals surface area contributed by atoms with Gasteiger partial charge in [-0.3, -0.25) is 4.79 Å². The Morgan fingerprint density at radius 2 is 1.81 bits per heavy atom. The van der Waals surface area contributed by atoms with Crippen molar-refractivity contribution in [3.8, 4) is 5.75 Å². The zero-order valence-corrected chi connectivity index (χ0v) is 15.3. The lowest BCUT2D eigenvalue weighted by molar-refractivity contribution is -0.147. The van der Waals surface area contributed by atoms with Crippen LogP contribution in [-0.2, 0) is 16.1 Å². The van der Waals surface area contributed by atoms with Crippen molar-refractivity contribution >= 4 is 34.4 Å². The normalized spacial score (nSPS) is 10.6. The lowest BCUT2D eigenvalue weighted by Crippen LogP contribution is -2.18. The van der Waals surface area contributed by atoms with Crippen LogP contribution >= 0.6 is 11.6 Å². The van der Waals surface area contributed by atoms with E-state index >= 15 is 0 Å². The molecule has 6 nitrogen and oxygen atoms in total. The summed E-state index contributed by atoms with van der Waals surface area (Å²) in [4.78, 5) is 27.8. The Hall–Kier alpha value is -3.12. The van der Waals surface area contributed by atoms with Gasteiger partial charge in [0.2, 0.25) is 0 Å². The average Bonchev–Trinajstić information content (AvgIpc) is 2.68. The molecule has 0 radical (unpaired) electrons. The van der Waals surface area contributed by atoms with Gasteiger partial charge in [-0.05, 0) is 30.7 Å². The quantitative estimate of drug-likeness (QED) is 0.657. The van der Waals surface area contributed by atoms with Gasteiger partial charge in [0.15, 0.2) is 6.61 Å². The highest BCUT2D eigenvalue weighted by molar-refractivity contribution is 6.32. The number of esters is 1.